The van der Waals surface area contributed by atoms with Crippen molar-refractivity contribution >= 4 is 29.1 Å². The number of amides is 3. The lowest BCUT2D eigenvalue weighted by Gasteiger charge is -2.32. The molecule has 2 aliphatic rings. The highest BCUT2D eigenvalue weighted by Crippen LogP contribution is 2.13. The lowest BCUT2D eigenvalue weighted by molar-refractivity contribution is -0.121. The fourth-order valence-corrected chi connectivity index (χ4v) is 2.73. The molecule has 3 rings (SSSR count). The van der Waals surface area contributed by atoms with Crippen LogP contribution in [0, 0.1) is 0 Å². The molecule has 0 bridgehead atoms. The average molecular weight is 343 g/mol. The molecule has 1 fully saturated rings. The van der Waals surface area contributed by atoms with E-state index in [1.54, 1.807) is 24.3 Å². The van der Waals surface area contributed by atoms with Gasteiger partial charge in [0.25, 0.3) is 11.8 Å². The molecule has 0 atom stereocenters. The van der Waals surface area contributed by atoms with Crippen LogP contribution in [0.3, 0.4) is 0 Å². The van der Waals surface area contributed by atoms with Crippen LogP contribution in [0.5, 0.6) is 0 Å². The summed E-state index contributed by atoms with van der Waals surface area (Å²) in [6.45, 7) is 3.19. The standard InChI is InChI=1S/C17H21N5O3/c1-21-8-10-22(11-9-21)17(25)12-2-4-13(5-3-12)18-16(24)14-6-7-15(23)20-19-14/h2-5H,6-11H2,1H3,(H,18,24)(H,20,23). The number of piperazine rings is 1. The molecule has 0 radical (unpaired) electrons. The van der Waals surface area contributed by atoms with Gasteiger partial charge in [-0.2, -0.15) is 5.10 Å². The molecule has 25 heavy (non-hydrogen) atoms. The summed E-state index contributed by atoms with van der Waals surface area (Å²) in [6.07, 6.45) is 0.572. The predicted molar refractivity (Wildman–Crippen MR) is 93.3 cm³/mol. The zero-order chi connectivity index (χ0) is 17.8. The summed E-state index contributed by atoms with van der Waals surface area (Å²) in [5.41, 5.74) is 3.77. The molecule has 8 nitrogen and oxygen atoms in total. The van der Waals surface area contributed by atoms with Gasteiger partial charge in [-0.15, -0.1) is 0 Å². The van der Waals surface area contributed by atoms with Crippen molar-refractivity contribution in [2.45, 2.75) is 12.8 Å². The van der Waals surface area contributed by atoms with Crippen molar-refractivity contribution in [3.63, 3.8) is 0 Å². The van der Waals surface area contributed by atoms with Crippen molar-refractivity contribution in [3.8, 4) is 0 Å². The number of hydrogen-bond donors (Lipinski definition) is 2. The fourth-order valence-electron chi connectivity index (χ4n) is 2.73. The fraction of sp³-hybridized carbons (Fsp3) is 0.412. The number of hydrazone groups is 1. The van der Waals surface area contributed by atoms with E-state index in [0.29, 0.717) is 17.7 Å². The minimum Gasteiger partial charge on any atom is -0.336 e. The largest absolute Gasteiger partial charge is 0.336 e. The number of carbonyl (C=O) groups is 3. The molecule has 0 spiro atoms. The highest BCUT2D eigenvalue weighted by Gasteiger charge is 2.21. The highest BCUT2D eigenvalue weighted by molar-refractivity contribution is 6.43. The topological polar surface area (TPSA) is 94.1 Å². The maximum Gasteiger partial charge on any atom is 0.271 e. The van der Waals surface area contributed by atoms with Crippen LogP contribution in [0.1, 0.15) is 23.2 Å². The maximum absolute atomic E-state index is 12.5. The maximum atomic E-state index is 12.5. The molecular formula is C17H21N5O3. The van der Waals surface area contributed by atoms with Crippen molar-refractivity contribution in [2.24, 2.45) is 5.10 Å². The molecule has 1 aromatic rings. The number of nitrogens with zero attached hydrogens (tertiary/aromatic N) is 3. The zero-order valence-corrected chi connectivity index (χ0v) is 14.1. The summed E-state index contributed by atoms with van der Waals surface area (Å²) in [6, 6.07) is 6.81. The van der Waals surface area contributed by atoms with Crippen molar-refractivity contribution in [3.05, 3.63) is 29.8 Å². The van der Waals surface area contributed by atoms with Crippen molar-refractivity contribution in [1.29, 1.82) is 0 Å². The Balaban J connectivity index is 1.59. The normalized spacial score (nSPS) is 18.4. The summed E-state index contributed by atoms with van der Waals surface area (Å²) in [4.78, 5) is 39.7. The van der Waals surface area contributed by atoms with E-state index < -0.39 is 0 Å². The number of benzene rings is 1. The molecule has 1 aromatic carbocycles. The first-order valence-electron chi connectivity index (χ1n) is 8.27. The molecule has 132 valence electrons. The van der Waals surface area contributed by atoms with Gasteiger partial charge in [-0.25, -0.2) is 5.43 Å². The summed E-state index contributed by atoms with van der Waals surface area (Å²) < 4.78 is 0. The van der Waals surface area contributed by atoms with Gasteiger partial charge in [-0.3, -0.25) is 14.4 Å². The van der Waals surface area contributed by atoms with Crippen LogP contribution in [-0.2, 0) is 9.59 Å². The third-order valence-corrected chi connectivity index (χ3v) is 4.35. The van der Waals surface area contributed by atoms with Crippen molar-refractivity contribution < 1.29 is 14.4 Å². The summed E-state index contributed by atoms with van der Waals surface area (Å²) >= 11 is 0. The molecule has 3 amide bonds. The van der Waals surface area contributed by atoms with E-state index in [9.17, 15) is 14.4 Å². The molecule has 2 heterocycles. The van der Waals surface area contributed by atoms with Gasteiger partial charge in [0.05, 0.1) is 0 Å². The number of anilines is 1. The molecule has 0 saturated carbocycles. The number of hydrogen-bond acceptors (Lipinski definition) is 5. The molecular weight excluding hydrogens is 322 g/mol. The molecule has 2 N–H and O–H groups in total. The second kappa shape index (κ2) is 7.43. The minimum atomic E-state index is -0.349. The third kappa shape index (κ3) is 4.21. The van der Waals surface area contributed by atoms with Crippen molar-refractivity contribution in [1.82, 2.24) is 15.2 Å². The van der Waals surface area contributed by atoms with Gasteiger partial charge in [0.15, 0.2) is 0 Å². The van der Waals surface area contributed by atoms with E-state index in [2.05, 4.69) is 20.7 Å². The summed E-state index contributed by atoms with van der Waals surface area (Å²) in [5, 5.41) is 6.49. The highest BCUT2D eigenvalue weighted by atomic mass is 16.2. The Morgan fingerprint density at radius 2 is 1.76 bits per heavy atom. The van der Waals surface area contributed by atoms with Crippen molar-refractivity contribution in [2.75, 3.05) is 38.5 Å². The van der Waals surface area contributed by atoms with Gasteiger partial charge >= 0.3 is 0 Å². The molecule has 0 aromatic heterocycles. The van der Waals surface area contributed by atoms with E-state index in [0.717, 1.165) is 26.2 Å². The Morgan fingerprint density at radius 3 is 2.36 bits per heavy atom. The summed E-state index contributed by atoms with van der Waals surface area (Å²) in [7, 11) is 2.04. The molecule has 1 saturated heterocycles. The predicted octanol–water partition coefficient (Wildman–Crippen LogP) is 0.279. The number of nitrogens with one attached hydrogen (secondary N) is 2. The minimum absolute atomic E-state index is 0.00495. The van der Waals surface area contributed by atoms with Crippen LogP contribution in [0.15, 0.2) is 29.4 Å². The monoisotopic (exact) mass is 343 g/mol. The van der Waals surface area contributed by atoms with E-state index >= 15 is 0 Å². The van der Waals surface area contributed by atoms with E-state index in [4.69, 9.17) is 0 Å². The van der Waals surface area contributed by atoms with Gasteiger partial charge in [-0.05, 0) is 31.3 Å². The third-order valence-electron chi connectivity index (χ3n) is 4.35. The Morgan fingerprint density at radius 1 is 1.08 bits per heavy atom. The van der Waals surface area contributed by atoms with Crippen LogP contribution >= 0.6 is 0 Å². The first kappa shape index (κ1) is 17.1. The second-order valence-electron chi connectivity index (χ2n) is 6.22. The lowest BCUT2D eigenvalue weighted by Crippen LogP contribution is -2.47. The average Bonchev–Trinajstić information content (AvgIpc) is 2.63. The van der Waals surface area contributed by atoms with Gasteiger partial charge in [-0.1, -0.05) is 0 Å². The van der Waals surface area contributed by atoms with E-state index in [1.165, 1.54) is 0 Å². The molecule has 0 unspecified atom stereocenters. The first-order valence-corrected chi connectivity index (χ1v) is 8.27. The smallest absolute Gasteiger partial charge is 0.271 e. The SMILES string of the molecule is CN1CCN(C(=O)c2ccc(NC(=O)C3=NNC(=O)CC3)cc2)CC1. The molecule has 8 heteroatoms. The van der Waals surface area contributed by atoms with Crippen LogP contribution in [-0.4, -0.2) is 66.5 Å². The quantitative estimate of drug-likeness (QED) is 0.824. The second-order valence-corrected chi connectivity index (χ2v) is 6.22. The van der Waals surface area contributed by atoms with Crippen LogP contribution < -0.4 is 10.7 Å². The van der Waals surface area contributed by atoms with Gasteiger partial charge in [0.1, 0.15) is 5.71 Å². The van der Waals surface area contributed by atoms with Gasteiger partial charge in [0.2, 0.25) is 5.91 Å². The Labute approximate surface area is 145 Å². The van der Waals surface area contributed by atoms with Crippen LogP contribution in [0.25, 0.3) is 0 Å². The van der Waals surface area contributed by atoms with Gasteiger partial charge in [0, 0.05) is 50.3 Å². The van der Waals surface area contributed by atoms with Crippen LogP contribution in [0.4, 0.5) is 5.69 Å². The molecule has 2 aliphatic heterocycles. The number of carbonyl (C=O) groups excluding carboxylic acids is 3. The number of likely N-dealkylation sites (N-methyl/N-ethyl adjacent to an activating group) is 1. The zero-order valence-electron chi connectivity index (χ0n) is 14.1. The summed E-state index contributed by atoms with van der Waals surface area (Å²) in [5.74, 6) is -0.535. The van der Waals surface area contributed by atoms with E-state index in [-0.39, 0.29) is 29.9 Å². The van der Waals surface area contributed by atoms with Crippen LogP contribution in [0.2, 0.25) is 0 Å². The number of rotatable bonds is 3. The Hall–Kier alpha value is -2.74. The Bertz CT molecular complexity index is 705. The molecule has 0 aliphatic carbocycles. The first-order chi connectivity index (χ1) is 12.0. The van der Waals surface area contributed by atoms with Gasteiger partial charge < -0.3 is 15.1 Å². The van der Waals surface area contributed by atoms with E-state index in [1.807, 2.05) is 11.9 Å². The Kier molecular flexibility index (Phi) is 5.08. The lowest BCUT2D eigenvalue weighted by atomic mass is 10.1.